The lowest BCUT2D eigenvalue weighted by atomic mass is 9.97. The minimum absolute atomic E-state index is 0.0386. The van der Waals surface area contributed by atoms with E-state index in [0.29, 0.717) is 16.5 Å². The molecule has 0 fully saturated rings. The zero-order valence-corrected chi connectivity index (χ0v) is 30.4. The molecular weight excluding hydrogens is 677 g/mol. The summed E-state index contributed by atoms with van der Waals surface area (Å²) in [4.78, 5) is 0. The van der Waals surface area contributed by atoms with E-state index in [1.807, 2.05) is 77.4 Å². The van der Waals surface area contributed by atoms with Crippen molar-refractivity contribution in [2.24, 2.45) is 0 Å². The molecule has 0 radical (unpaired) electrons. The molecular formula is C54H36N2. The molecule has 2 aromatic heterocycles. The highest BCUT2D eigenvalue weighted by atomic mass is 15.0. The van der Waals surface area contributed by atoms with Gasteiger partial charge in [-0.3, -0.25) is 0 Å². The van der Waals surface area contributed by atoms with Crippen LogP contribution in [0.2, 0.25) is 0 Å². The Morgan fingerprint density at radius 3 is 1.66 bits per heavy atom. The van der Waals surface area contributed by atoms with Crippen LogP contribution in [0.25, 0.3) is 99.5 Å². The topological polar surface area (TPSA) is 9.86 Å². The summed E-state index contributed by atoms with van der Waals surface area (Å²) in [5, 5.41) is 3.68. The lowest BCUT2D eigenvalue weighted by molar-refractivity contribution is 1.18. The Balaban J connectivity index is 1.22. The number of nitrogens with zero attached hydrogens (tertiary/aromatic N) is 2. The first-order chi connectivity index (χ1) is 29.1. The van der Waals surface area contributed by atoms with E-state index in [0.717, 1.165) is 83.0 Å². The first-order valence-electron chi connectivity index (χ1n) is 20.5. The van der Waals surface area contributed by atoms with Gasteiger partial charge in [-0.05, 0) is 99.6 Å². The lowest BCUT2D eigenvalue weighted by Gasteiger charge is -2.16. The van der Waals surface area contributed by atoms with E-state index >= 15 is 0 Å². The van der Waals surface area contributed by atoms with Gasteiger partial charge in [-0.2, -0.15) is 0 Å². The average Bonchev–Trinajstić information content (AvgIpc) is 3.83. The number of fused-ring (bicyclic) bond motifs is 6. The van der Waals surface area contributed by atoms with Gasteiger partial charge in [0.15, 0.2) is 0 Å². The number of hydrogen-bond donors (Lipinski definition) is 0. The number of benzene rings is 9. The highest BCUT2D eigenvalue weighted by Gasteiger charge is 2.20. The van der Waals surface area contributed by atoms with Gasteiger partial charge in [-0.15, -0.1) is 0 Å². The van der Waals surface area contributed by atoms with Crippen molar-refractivity contribution in [1.29, 1.82) is 0 Å². The smallest absolute Gasteiger partial charge is 0.0645 e. The first kappa shape index (κ1) is 29.0. The number of aromatic nitrogens is 2. The van der Waals surface area contributed by atoms with E-state index in [9.17, 15) is 4.11 Å². The van der Waals surface area contributed by atoms with Crippen LogP contribution in [-0.4, -0.2) is 9.13 Å². The van der Waals surface area contributed by atoms with Crippen LogP contribution in [0, 0.1) is 0 Å². The van der Waals surface area contributed by atoms with Gasteiger partial charge in [0.25, 0.3) is 0 Å². The second-order valence-electron chi connectivity index (χ2n) is 14.3. The van der Waals surface area contributed by atoms with Crippen LogP contribution in [0.3, 0.4) is 0 Å². The predicted octanol–water partition coefficient (Wildman–Crippen LogP) is 14.5. The zero-order valence-electron chi connectivity index (χ0n) is 33.4. The van der Waals surface area contributed by atoms with Crippen molar-refractivity contribution in [3.05, 3.63) is 218 Å². The molecule has 56 heavy (non-hydrogen) atoms. The summed E-state index contributed by atoms with van der Waals surface area (Å²) in [5.41, 5.74) is 13.4. The Hall–Kier alpha value is -7.42. The van der Waals surface area contributed by atoms with E-state index in [1.165, 1.54) is 0 Å². The molecule has 262 valence electrons. The largest absolute Gasteiger partial charge is 0.309 e. The molecule has 0 aliphatic rings. The van der Waals surface area contributed by atoms with E-state index in [2.05, 4.69) is 132 Å². The Kier molecular flexibility index (Phi) is 6.81. The number of hydrogen-bond acceptors (Lipinski definition) is 0. The predicted molar refractivity (Wildman–Crippen MR) is 237 cm³/mol. The number of rotatable bonds is 6. The molecule has 0 aliphatic carbocycles. The van der Waals surface area contributed by atoms with Gasteiger partial charge >= 0.3 is 0 Å². The van der Waals surface area contributed by atoms with Crippen molar-refractivity contribution in [2.45, 2.75) is 0 Å². The maximum absolute atomic E-state index is 9.85. The lowest BCUT2D eigenvalue weighted by Crippen LogP contribution is -1.98. The molecule has 0 amide bonds. The Morgan fingerprint density at radius 1 is 0.321 bits per heavy atom. The van der Waals surface area contributed by atoms with Crippen molar-refractivity contribution in [3.63, 3.8) is 0 Å². The fourth-order valence-electron chi connectivity index (χ4n) is 8.49. The fraction of sp³-hybridized carbons (Fsp3) is 0. The minimum Gasteiger partial charge on any atom is -0.309 e. The van der Waals surface area contributed by atoms with Crippen molar-refractivity contribution < 1.29 is 4.11 Å². The molecule has 0 unspecified atom stereocenters. The summed E-state index contributed by atoms with van der Waals surface area (Å²) < 4.78 is 33.4. The van der Waals surface area contributed by atoms with Crippen molar-refractivity contribution in [3.8, 4) is 55.9 Å². The summed E-state index contributed by atoms with van der Waals surface area (Å²) in [7, 11) is 0. The molecule has 0 aliphatic heterocycles. The van der Waals surface area contributed by atoms with Gasteiger partial charge in [-0.1, -0.05) is 158 Å². The second kappa shape index (κ2) is 13.2. The average molecular weight is 716 g/mol. The molecule has 9 aromatic carbocycles. The number of para-hydroxylation sites is 2. The van der Waals surface area contributed by atoms with E-state index in [4.69, 9.17) is 0 Å². The third-order valence-electron chi connectivity index (χ3n) is 11.0. The normalized spacial score (nSPS) is 12.3. The molecule has 2 heteroatoms. The van der Waals surface area contributed by atoms with Gasteiger partial charge in [-0.25, -0.2) is 0 Å². The highest BCUT2D eigenvalue weighted by molar-refractivity contribution is 6.17. The summed E-state index contributed by atoms with van der Waals surface area (Å²) in [6.07, 6.45) is 0. The van der Waals surface area contributed by atoms with E-state index < -0.39 is 0 Å². The molecule has 0 N–H and O–H groups in total. The van der Waals surface area contributed by atoms with Gasteiger partial charge in [0.2, 0.25) is 0 Å². The molecule has 0 bridgehead atoms. The van der Waals surface area contributed by atoms with Gasteiger partial charge in [0.1, 0.15) is 0 Å². The molecule has 0 saturated carbocycles. The Morgan fingerprint density at radius 2 is 0.911 bits per heavy atom. The third kappa shape index (κ3) is 5.19. The zero-order chi connectivity index (χ0) is 39.6. The van der Waals surface area contributed by atoms with Crippen LogP contribution in [-0.2, 0) is 0 Å². The summed E-state index contributed by atoms with van der Waals surface area (Å²) >= 11 is 0. The van der Waals surface area contributed by atoms with Gasteiger partial charge in [0.05, 0.1) is 31.9 Å². The molecule has 2 nitrogen and oxygen atoms in total. The van der Waals surface area contributed by atoms with E-state index in [1.54, 1.807) is 0 Å². The summed E-state index contributed by atoms with van der Waals surface area (Å²) in [6.45, 7) is 0. The summed E-state index contributed by atoms with van der Waals surface area (Å²) in [5.74, 6) is 0. The monoisotopic (exact) mass is 715 g/mol. The van der Waals surface area contributed by atoms with Gasteiger partial charge < -0.3 is 9.13 Å². The maximum Gasteiger partial charge on any atom is 0.0645 e. The molecule has 11 aromatic rings. The van der Waals surface area contributed by atoms with Crippen molar-refractivity contribution in [1.82, 2.24) is 9.13 Å². The van der Waals surface area contributed by atoms with Crippen LogP contribution in [0.1, 0.15) is 4.11 Å². The van der Waals surface area contributed by atoms with Crippen LogP contribution in [0.5, 0.6) is 0 Å². The molecule has 0 atom stereocenters. The quantitative estimate of drug-likeness (QED) is 0.162. The molecule has 11 rings (SSSR count). The Bertz CT molecular complexity index is 3390. The van der Waals surface area contributed by atoms with Crippen LogP contribution < -0.4 is 0 Å². The molecule has 2 heterocycles. The standard InChI is InChI=1S/C54H36N2/c1-5-16-37(17-6-1)40-28-31-50(46(34-40)39-20-9-3-10-21-39)56-52-33-30-42(36-48(52)54-44(25-15-27-53(54)56)38-18-7-2-8-19-38)41-29-32-51-47(35-41)45-24-13-14-26-49(45)55(51)43-22-11-4-12-23-43/h1-36H/i29D,32D,35D. The third-order valence-corrected chi connectivity index (χ3v) is 11.0. The highest BCUT2D eigenvalue weighted by Crippen LogP contribution is 2.43. The molecule has 0 spiro atoms. The molecule has 0 saturated heterocycles. The van der Waals surface area contributed by atoms with E-state index in [-0.39, 0.29) is 18.1 Å². The van der Waals surface area contributed by atoms with Crippen LogP contribution in [0.4, 0.5) is 0 Å². The van der Waals surface area contributed by atoms with Crippen LogP contribution >= 0.6 is 0 Å². The summed E-state index contributed by atoms with van der Waals surface area (Å²) in [6, 6.07) is 69.5. The van der Waals surface area contributed by atoms with Crippen molar-refractivity contribution >= 4 is 43.6 Å². The fourth-order valence-corrected chi connectivity index (χ4v) is 8.49. The maximum atomic E-state index is 9.85. The van der Waals surface area contributed by atoms with Crippen LogP contribution in [0.15, 0.2) is 218 Å². The second-order valence-corrected chi connectivity index (χ2v) is 14.3. The Labute approximate surface area is 330 Å². The van der Waals surface area contributed by atoms with Gasteiger partial charge in [0, 0.05) is 32.8 Å². The first-order valence-corrected chi connectivity index (χ1v) is 19.0. The van der Waals surface area contributed by atoms with Crippen molar-refractivity contribution in [2.75, 3.05) is 0 Å². The minimum atomic E-state index is 0.0386. The SMILES string of the molecule is [2H]c1c(-c2ccc3c(c2)c2c(-c4ccccc4)cccc2n3-c2ccc(-c3ccccc3)cc2-c2ccccc2)c([2H])c2c3ccccc3n(-c3ccccc3)c2c1[2H].